The molecule has 21 heavy (non-hydrogen) atoms. The van der Waals surface area contributed by atoms with E-state index in [2.05, 4.69) is 24.1 Å². The smallest absolute Gasteiger partial charge is 0.240 e. The quantitative estimate of drug-likeness (QED) is 0.846. The number of hydrogen-bond acceptors (Lipinski definition) is 2. The van der Waals surface area contributed by atoms with Gasteiger partial charge in [0.15, 0.2) is 0 Å². The van der Waals surface area contributed by atoms with Gasteiger partial charge >= 0.3 is 0 Å². The zero-order valence-corrected chi connectivity index (χ0v) is 13.9. The van der Waals surface area contributed by atoms with Crippen LogP contribution in [0.2, 0.25) is 0 Å². The van der Waals surface area contributed by atoms with Crippen LogP contribution in [0.5, 0.6) is 0 Å². The van der Waals surface area contributed by atoms with Crippen molar-refractivity contribution >= 4 is 5.91 Å². The van der Waals surface area contributed by atoms with Crippen LogP contribution in [0.1, 0.15) is 71.6 Å². The molecule has 120 valence electrons. The summed E-state index contributed by atoms with van der Waals surface area (Å²) in [7, 11) is 0. The molecule has 3 nitrogen and oxygen atoms in total. The minimum absolute atomic E-state index is 0.0374. The van der Waals surface area contributed by atoms with Crippen LogP contribution in [0.4, 0.5) is 0 Å². The highest BCUT2D eigenvalue weighted by molar-refractivity contribution is 5.83. The monoisotopic (exact) mass is 292 g/mol. The molecule has 0 radical (unpaired) electrons. The molecule has 2 unspecified atom stereocenters. The summed E-state index contributed by atoms with van der Waals surface area (Å²) >= 11 is 0. The Balaban J connectivity index is 1.70. The number of rotatable bonds is 2. The highest BCUT2D eigenvalue weighted by Gasteiger charge is 2.43. The van der Waals surface area contributed by atoms with Crippen molar-refractivity contribution in [1.82, 2.24) is 10.2 Å². The van der Waals surface area contributed by atoms with E-state index in [0.717, 1.165) is 19.0 Å². The van der Waals surface area contributed by atoms with Crippen LogP contribution in [0.25, 0.3) is 0 Å². The van der Waals surface area contributed by atoms with Gasteiger partial charge in [-0.2, -0.15) is 0 Å². The van der Waals surface area contributed by atoms with E-state index >= 15 is 0 Å². The fourth-order valence-corrected chi connectivity index (χ4v) is 4.87. The molecule has 2 aliphatic heterocycles. The van der Waals surface area contributed by atoms with Crippen molar-refractivity contribution < 1.29 is 4.79 Å². The second-order valence-electron chi connectivity index (χ2n) is 8.12. The van der Waals surface area contributed by atoms with Crippen molar-refractivity contribution in [2.75, 3.05) is 13.1 Å². The molecular weight excluding hydrogens is 260 g/mol. The van der Waals surface area contributed by atoms with E-state index in [9.17, 15) is 4.79 Å². The summed E-state index contributed by atoms with van der Waals surface area (Å²) < 4.78 is 0. The zero-order chi connectivity index (χ0) is 14.9. The van der Waals surface area contributed by atoms with E-state index in [1.165, 1.54) is 57.8 Å². The Morgan fingerprint density at radius 2 is 1.81 bits per heavy atom. The summed E-state index contributed by atoms with van der Waals surface area (Å²) in [6.07, 6.45) is 11.6. The number of amides is 1. The first-order valence-electron chi connectivity index (χ1n) is 9.13. The number of nitrogens with one attached hydrogen (secondary N) is 1. The number of likely N-dealkylation sites (tertiary alicyclic amines) is 1. The maximum Gasteiger partial charge on any atom is 0.240 e. The van der Waals surface area contributed by atoms with E-state index in [1.807, 2.05) is 0 Å². The molecule has 0 aromatic rings. The topological polar surface area (TPSA) is 32.3 Å². The van der Waals surface area contributed by atoms with Gasteiger partial charge in [-0.25, -0.2) is 0 Å². The summed E-state index contributed by atoms with van der Waals surface area (Å²) in [6.45, 7) is 6.51. The minimum Gasteiger partial charge on any atom is -0.338 e. The van der Waals surface area contributed by atoms with E-state index in [-0.39, 0.29) is 11.5 Å². The van der Waals surface area contributed by atoms with Crippen LogP contribution in [0.15, 0.2) is 0 Å². The molecule has 3 heteroatoms. The van der Waals surface area contributed by atoms with Crippen molar-refractivity contribution in [3.8, 4) is 0 Å². The highest BCUT2D eigenvalue weighted by Crippen LogP contribution is 2.37. The van der Waals surface area contributed by atoms with Gasteiger partial charge in [-0.15, -0.1) is 0 Å². The summed E-state index contributed by atoms with van der Waals surface area (Å²) in [5.74, 6) is 1.17. The average molecular weight is 292 g/mol. The van der Waals surface area contributed by atoms with E-state index in [0.29, 0.717) is 11.9 Å². The highest BCUT2D eigenvalue weighted by atomic mass is 16.2. The van der Waals surface area contributed by atoms with E-state index in [4.69, 9.17) is 0 Å². The zero-order valence-electron chi connectivity index (χ0n) is 13.9. The van der Waals surface area contributed by atoms with E-state index < -0.39 is 0 Å². The van der Waals surface area contributed by atoms with Gasteiger partial charge in [-0.05, 0) is 56.4 Å². The Bertz CT molecular complexity index is 373. The lowest BCUT2D eigenvalue weighted by Gasteiger charge is -2.42. The average Bonchev–Trinajstić information content (AvgIpc) is 2.96. The SMILES string of the molecule is CC1(C)CCCNC1C(=O)N1CCCC1C1CCCCC1. The number of hydrogen-bond donors (Lipinski definition) is 1. The van der Waals surface area contributed by atoms with Crippen molar-refractivity contribution in [2.24, 2.45) is 11.3 Å². The van der Waals surface area contributed by atoms with Gasteiger partial charge < -0.3 is 10.2 Å². The van der Waals surface area contributed by atoms with Crippen LogP contribution >= 0.6 is 0 Å². The van der Waals surface area contributed by atoms with Gasteiger partial charge in [0.1, 0.15) is 0 Å². The molecule has 0 spiro atoms. The lowest BCUT2D eigenvalue weighted by Crippen LogP contribution is -2.58. The number of carbonyl (C=O) groups is 1. The molecule has 0 aromatic carbocycles. The maximum absolute atomic E-state index is 13.1. The molecule has 1 aliphatic carbocycles. The molecule has 2 atom stereocenters. The predicted molar refractivity (Wildman–Crippen MR) is 86.1 cm³/mol. The molecular formula is C18H32N2O. The third-order valence-electron chi connectivity index (χ3n) is 6.15. The Morgan fingerprint density at radius 3 is 2.52 bits per heavy atom. The molecule has 0 bridgehead atoms. The summed E-state index contributed by atoms with van der Waals surface area (Å²) in [5.41, 5.74) is 0.106. The van der Waals surface area contributed by atoms with Crippen LogP contribution in [-0.2, 0) is 4.79 Å². The maximum atomic E-state index is 13.1. The Labute approximate surface area is 129 Å². The van der Waals surface area contributed by atoms with Crippen LogP contribution in [-0.4, -0.2) is 36.0 Å². The van der Waals surface area contributed by atoms with Gasteiger partial charge in [0.2, 0.25) is 5.91 Å². The molecule has 0 aromatic heterocycles. The van der Waals surface area contributed by atoms with Crippen molar-refractivity contribution in [2.45, 2.75) is 83.7 Å². The molecule has 3 fully saturated rings. The van der Waals surface area contributed by atoms with Gasteiger partial charge in [0.25, 0.3) is 0 Å². The first kappa shape index (κ1) is 15.3. The lowest BCUT2D eigenvalue weighted by molar-refractivity contribution is -0.139. The number of piperidine rings is 1. The summed E-state index contributed by atoms with van der Waals surface area (Å²) in [5, 5.41) is 3.52. The molecule has 1 N–H and O–H groups in total. The van der Waals surface area contributed by atoms with Crippen LogP contribution in [0, 0.1) is 11.3 Å². The Hall–Kier alpha value is -0.570. The first-order valence-corrected chi connectivity index (χ1v) is 9.13. The standard InChI is InChI=1S/C18H32N2O/c1-18(2)11-7-12-19-16(18)17(21)20-13-6-10-15(20)14-8-4-3-5-9-14/h14-16,19H,3-13H2,1-2H3. The van der Waals surface area contributed by atoms with Crippen molar-refractivity contribution in [3.63, 3.8) is 0 Å². The van der Waals surface area contributed by atoms with E-state index in [1.54, 1.807) is 0 Å². The largest absolute Gasteiger partial charge is 0.338 e. The second-order valence-corrected chi connectivity index (χ2v) is 8.12. The van der Waals surface area contributed by atoms with Gasteiger partial charge in [-0.3, -0.25) is 4.79 Å². The minimum atomic E-state index is 0.0374. The summed E-state index contributed by atoms with van der Waals surface area (Å²) in [4.78, 5) is 15.4. The molecule has 1 amide bonds. The molecule has 3 rings (SSSR count). The fourth-order valence-electron chi connectivity index (χ4n) is 4.87. The van der Waals surface area contributed by atoms with Gasteiger partial charge in [-0.1, -0.05) is 33.1 Å². The lowest BCUT2D eigenvalue weighted by atomic mass is 9.76. The number of nitrogens with zero attached hydrogens (tertiary/aromatic N) is 1. The Kier molecular flexibility index (Phi) is 4.58. The molecule has 2 heterocycles. The van der Waals surface area contributed by atoms with Crippen molar-refractivity contribution in [3.05, 3.63) is 0 Å². The van der Waals surface area contributed by atoms with Gasteiger partial charge in [0.05, 0.1) is 6.04 Å². The third-order valence-corrected chi connectivity index (χ3v) is 6.15. The fraction of sp³-hybridized carbons (Fsp3) is 0.944. The molecule has 2 saturated heterocycles. The molecule has 1 saturated carbocycles. The predicted octanol–water partition coefficient (Wildman–Crippen LogP) is 3.34. The van der Waals surface area contributed by atoms with Gasteiger partial charge in [0, 0.05) is 12.6 Å². The first-order chi connectivity index (χ1) is 10.1. The van der Waals surface area contributed by atoms with Crippen LogP contribution in [0.3, 0.4) is 0 Å². The number of carbonyl (C=O) groups excluding carboxylic acids is 1. The third kappa shape index (κ3) is 3.13. The van der Waals surface area contributed by atoms with Crippen molar-refractivity contribution in [1.29, 1.82) is 0 Å². The summed E-state index contributed by atoms with van der Waals surface area (Å²) in [6, 6.07) is 0.577. The molecule has 3 aliphatic rings. The normalized spacial score (nSPS) is 34.1. The van der Waals surface area contributed by atoms with Crippen LogP contribution < -0.4 is 5.32 Å². The second kappa shape index (κ2) is 6.28. The Morgan fingerprint density at radius 1 is 1.05 bits per heavy atom.